The van der Waals surface area contributed by atoms with Gasteiger partial charge in [-0.05, 0) is 18.6 Å². The predicted molar refractivity (Wildman–Crippen MR) is 56.2 cm³/mol. The summed E-state index contributed by atoms with van der Waals surface area (Å²) in [7, 11) is 1.91. The van der Waals surface area contributed by atoms with E-state index in [1.807, 2.05) is 13.2 Å². The third-order valence-electron chi connectivity index (χ3n) is 1.78. The number of hydrogen-bond acceptors (Lipinski definition) is 2. The summed E-state index contributed by atoms with van der Waals surface area (Å²) >= 11 is 4.72. The number of nitrogens with zero attached hydrogens (tertiary/aromatic N) is 2. The maximum absolute atomic E-state index is 5.33. The van der Waals surface area contributed by atoms with Crippen LogP contribution >= 0.6 is 12.2 Å². The lowest BCUT2D eigenvalue weighted by molar-refractivity contribution is 0.746. The van der Waals surface area contributed by atoms with Gasteiger partial charge in [0.1, 0.15) is 0 Å². The predicted octanol–water partition coefficient (Wildman–Crippen LogP) is 0.316. The first kappa shape index (κ1) is 9.98. The summed E-state index contributed by atoms with van der Waals surface area (Å²) in [5, 5.41) is 7.53. The molecule has 0 aromatic carbocycles. The van der Waals surface area contributed by atoms with E-state index >= 15 is 0 Å². The summed E-state index contributed by atoms with van der Waals surface area (Å²) in [6.07, 6.45) is 2.90. The highest BCUT2D eigenvalue weighted by atomic mass is 32.1. The highest BCUT2D eigenvalue weighted by molar-refractivity contribution is 7.80. The van der Waals surface area contributed by atoms with E-state index in [0.29, 0.717) is 11.7 Å². The van der Waals surface area contributed by atoms with Crippen molar-refractivity contribution in [3.8, 4) is 0 Å². The zero-order valence-electron chi connectivity index (χ0n) is 7.87. The van der Waals surface area contributed by atoms with Crippen LogP contribution in [-0.4, -0.2) is 14.9 Å². The molecule has 0 aliphatic rings. The Bertz CT molecular complexity index is 305. The molecule has 3 N–H and O–H groups in total. The summed E-state index contributed by atoms with van der Waals surface area (Å²) in [6.45, 7) is 2.74. The molecule has 1 aromatic heterocycles. The Balaban J connectivity index is 2.69. The summed E-state index contributed by atoms with van der Waals surface area (Å²) in [5.74, 6) is 0. The summed E-state index contributed by atoms with van der Waals surface area (Å²) in [6, 6.07) is 0. The number of nitrogens with two attached hydrogens (primary N) is 1. The Morgan fingerprint density at radius 2 is 2.46 bits per heavy atom. The molecule has 1 rings (SSSR count). The highest BCUT2D eigenvalue weighted by Crippen LogP contribution is 2.06. The van der Waals surface area contributed by atoms with Crippen molar-refractivity contribution < 1.29 is 0 Å². The van der Waals surface area contributed by atoms with Crippen molar-refractivity contribution in [2.24, 2.45) is 12.8 Å². The lowest BCUT2D eigenvalue weighted by atomic mass is 10.2. The van der Waals surface area contributed by atoms with Crippen molar-refractivity contribution in [2.75, 3.05) is 0 Å². The third-order valence-corrected chi connectivity index (χ3v) is 1.92. The van der Waals surface area contributed by atoms with Gasteiger partial charge in [0, 0.05) is 25.4 Å². The molecule has 0 amide bonds. The number of thiocarbonyl (C=S) groups is 1. The SMILES string of the molecule is CCc1nn(C)cc1CNC(N)=S. The van der Waals surface area contributed by atoms with Crippen LogP contribution in [0.2, 0.25) is 0 Å². The van der Waals surface area contributed by atoms with E-state index in [4.69, 9.17) is 18.0 Å². The first-order valence-electron chi connectivity index (χ1n) is 4.18. The van der Waals surface area contributed by atoms with Crippen molar-refractivity contribution in [1.82, 2.24) is 15.1 Å². The third kappa shape index (κ3) is 2.69. The van der Waals surface area contributed by atoms with Crippen LogP contribution in [0.25, 0.3) is 0 Å². The van der Waals surface area contributed by atoms with Crippen molar-refractivity contribution >= 4 is 17.3 Å². The van der Waals surface area contributed by atoms with Crippen LogP contribution in [0.4, 0.5) is 0 Å². The van der Waals surface area contributed by atoms with Gasteiger partial charge in [0.05, 0.1) is 5.69 Å². The quantitative estimate of drug-likeness (QED) is 0.687. The average molecular weight is 198 g/mol. The largest absolute Gasteiger partial charge is 0.376 e. The van der Waals surface area contributed by atoms with Crippen molar-refractivity contribution in [3.63, 3.8) is 0 Å². The molecule has 0 bridgehead atoms. The summed E-state index contributed by atoms with van der Waals surface area (Å²) < 4.78 is 1.80. The fourth-order valence-electron chi connectivity index (χ4n) is 1.21. The van der Waals surface area contributed by atoms with Gasteiger partial charge in [-0.25, -0.2) is 0 Å². The Hall–Kier alpha value is -1.10. The molecule has 0 saturated carbocycles. The molecule has 0 aliphatic heterocycles. The van der Waals surface area contributed by atoms with Gasteiger partial charge < -0.3 is 11.1 Å². The summed E-state index contributed by atoms with van der Waals surface area (Å²) in [5.41, 5.74) is 7.57. The second kappa shape index (κ2) is 4.23. The van der Waals surface area contributed by atoms with Gasteiger partial charge in [-0.15, -0.1) is 0 Å². The van der Waals surface area contributed by atoms with Gasteiger partial charge in [-0.3, -0.25) is 4.68 Å². The first-order valence-corrected chi connectivity index (χ1v) is 4.59. The fraction of sp³-hybridized carbons (Fsp3) is 0.500. The first-order chi connectivity index (χ1) is 6.13. The highest BCUT2D eigenvalue weighted by Gasteiger charge is 2.04. The van der Waals surface area contributed by atoms with Gasteiger partial charge >= 0.3 is 0 Å². The van der Waals surface area contributed by atoms with Crippen LogP contribution in [0.3, 0.4) is 0 Å². The summed E-state index contributed by atoms with van der Waals surface area (Å²) in [4.78, 5) is 0. The maximum Gasteiger partial charge on any atom is 0.163 e. The maximum atomic E-state index is 5.33. The van der Waals surface area contributed by atoms with Crippen molar-refractivity contribution in [3.05, 3.63) is 17.5 Å². The molecule has 0 spiro atoms. The minimum absolute atomic E-state index is 0.325. The molecule has 13 heavy (non-hydrogen) atoms. The zero-order valence-corrected chi connectivity index (χ0v) is 8.69. The Morgan fingerprint density at radius 3 is 3.00 bits per heavy atom. The average Bonchev–Trinajstić information content (AvgIpc) is 2.42. The van der Waals surface area contributed by atoms with Gasteiger partial charge in [-0.2, -0.15) is 5.10 Å². The van der Waals surface area contributed by atoms with E-state index in [1.54, 1.807) is 4.68 Å². The second-order valence-electron chi connectivity index (χ2n) is 2.85. The molecule has 0 radical (unpaired) electrons. The van der Waals surface area contributed by atoms with E-state index in [9.17, 15) is 0 Å². The van der Waals surface area contributed by atoms with E-state index < -0.39 is 0 Å². The minimum Gasteiger partial charge on any atom is -0.376 e. The van der Waals surface area contributed by atoms with E-state index in [2.05, 4.69) is 17.3 Å². The van der Waals surface area contributed by atoms with Crippen LogP contribution in [0.15, 0.2) is 6.20 Å². The molecular formula is C8H14N4S. The normalized spacial score (nSPS) is 10.0. The van der Waals surface area contributed by atoms with Gasteiger partial charge in [0.2, 0.25) is 0 Å². The van der Waals surface area contributed by atoms with Gasteiger partial charge in [0.25, 0.3) is 0 Å². The molecule has 0 fully saturated rings. The molecule has 72 valence electrons. The number of aryl methyl sites for hydroxylation is 2. The topological polar surface area (TPSA) is 55.9 Å². The molecule has 1 aromatic rings. The van der Waals surface area contributed by atoms with Gasteiger partial charge in [-0.1, -0.05) is 6.92 Å². The molecular weight excluding hydrogens is 184 g/mol. The smallest absolute Gasteiger partial charge is 0.163 e. The number of nitrogens with one attached hydrogen (secondary N) is 1. The molecule has 0 saturated heterocycles. The van der Waals surface area contributed by atoms with Crippen LogP contribution in [0, 0.1) is 0 Å². The second-order valence-corrected chi connectivity index (χ2v) is 3.29. The molecule has 0 aliphatic carbocycles. The Labute approximate surface area is 83.1 Å². The molecule has 0 atom stereocenters. The zero-order chi connectivity index (χ0) is 9.84. The van der Waals surface area contributed by atoms with Crippen molar-refractivity contribution in [2.45, 2.75) is 19.9 Å². The molecule has 0 unspecified atom stereocenters. The van der Waals surface area contributed by atoms with E-state index in [1.165, 1.54) is 0 Å². The Kier molecular flexibility index (Phi) is 3.25. The van der Waals surface area contributed by atoms with E-state index in [-0.39, 0.29) is 0 Å². The molecule has 1 heterocycles. The minimum atomic E-state index is 0.325. The Morgan fingerprint density at radius 1 is 1.77 bits per heavy atom. The lowest BCUT2D eigenvalue weighted by Crippen LogP contribution is -2.28. The van der Waals surface area contributed by atoms with Gasteiger partial charge in [0.15, 0.2) is 5.11 Å². The van der Waals surface area contributed by atoms with Crippen LogP contribution in [0.5, 0.6) is 0 Å². The molecule has 4 nitrogen and oxygen atoms in total. The standard InChI is InChI=1S/C8H14N4S/c1-3-7-6(4-10-8(9)13)5-12(2)11-7/h5H,3-4H2,1-2H3,(H3,9,10,13). The lowest BCUT2D eigenvalue weighted by Gasteiger charge is -2.01. The number of hydrogen-bond donors (Lipinski definition) is 2. The van der Waals surface area contributed by atoms with Crippen molar-refractivity contribution in [1.29, 1.82) is 0 Å². The fourth-order valence-corrected chi connectivity index (χ4v) is 1.28. The number of rotatable bonds is 3. The van der Waals surface area contributed by atoms with Crippen LogP contribution in [0.1, 0.15) is 18.2 Å². The molecule has 5 heteroatoms. The van der Waals surface area contributed by atoms with E-state index in [0.717, 1.165) is 17.7 Å². The monoisotopic (exact) mass is 198 g/mol. The van der Waals surface area contributed by atoms with Crippen LogP contribution < -0.4 is 11.1 Å². The van der Waals surface area contributed by atoms with Crippen LogP contribution in [-0.2, 0) is 20.0 Å². The number of aromatic nitrogens is 2.